The van der Waals surface area contributed by atoms with E-state index in [0.717, 1.165) is 24.8 Å². The molecule has 0 spiro atoms. The minimum atomic E-state index is -0.320. The van der Waals surface area contributed by atoms with E-state index in [1.54, 1.807) is 11.0 Å². The molecule has 1 aromatic rings. The fourth-order valence-corrected chi connectivity index (χ4v) is 3.36. The highest BCUT2D eigenvalue weighted by Crippen LogP contribution is 2.32. The predicted octanol–water partition coefficient (Wildman–Crippen LogP) is 2.85. The molecule has 0 bridgehead atoms. The summed E-state index contributed by atoms with van der Waals surface area (Å²) in [4.78, 5) is 39.0. The fourth-order valence-electron chi connectivity index (χ4n) is 3.36. The molecule has 0 atom stereocenters. The number of hydrogen-bond acceptors (Lipinski definition) is 3. The molecule has 25 heavy (non-hydrogen) atoms. The van der Waals surface area contributed by atoms with E-state index in [-0.39, 0.29) is 23.5 Å². The predicted molar refractivity (Wildman–Crippen MR) is 95.7 cm³/mol. The molecule has 0 unspecified atom stereocenters. The molecule has 1 aliphatic heterocycles. The van der Waals surface area contributed by atoms with Crippen molar-refractivity contribution < 1.29 is 14.4 Å². The van der Waals surface area contributed by atoms with Gasteiger partial charge in [-0.05, 0) is 50.8 Å². The van der Waals surface area contributed by atoms with Gasteiger partial charge in [-0.3, -0.25) is 14.6 Å². The molecule has 2 fully saturated rings. The van der Waals surface area contributed by atoms with E-state index in [0.29, 0.717) is 24.5 Å². The van der Waals surface area contributed by atoms with Crippen LogP contribution in [0.4, 0.5) is 21.0 Å². The molecule has 1 saturated heterocycles. The molecule has 1 heterocycles. The molecule has 1 aromatic carbocycles. The topological polar surface area (TPSA) is 81.8 Å². The van der Waals surface area contributed by atoms with Crippen LogP contribution < -0.4 is 15.5 Å². The van der Waals surface area contributed by atoms with Crippen LogP contribution in [0.15, 0.2) is 18.2 Å². The van der Waals surface area contributed by atoms with Crippen LogP contribution in [0, 0.1) is 6.92 Å². The van der Waals surface area contributed by atoms with Gasteiger partial charge in [0.25, 0.3) is 0 Å². The lowest BCUT2D eigenvalue weighted by Crippen LogP contribution is -2.52. The van der Waals surface area contributed by atoms with Crippen molar-refractivity contribution in [1.82, 2.24) is 10.2 Å². The standard InChI is InChI=1S/C18H24N4O3/c1-12-14(19-16(24)20-18(3)8-5-9-18)6-4-7-15(12)22-11-10-21(13(2)23)17(22)25/h4,6-7H,5,8-11H2,1-3H3,(H2,19,20,24). The number of amides is 5. The van der Waals surface area contributed by atoms with Crippen LogP contribution in [0.1, 0.15) is 38.7 Å². The number of anilines is 2. The van der Waals surface area contributed by atoms with Gasteiger partial charge in [0.05, 0.1) is 5.69 Å². The Morgan fingerprint density at radius 1 is 1.20 bits per heavy atom. The molecule has 1 aliphatic carbocycles. The molecule has 2 aliphatic rings. The lowest BCUT2D eigenvalue weighted by Gasteiger charge is -2.39. The van der Waals surface area contributed by atoms with E-state index in [1.807, 2.05) is 26.0 Å². The Morgan fingerprint density at radius 2 is 1.92 bits per heavy atom. The Balaban J connectivity index is 1.75. The summed E-state index contributed by atoms with van der Waals surface area (Å²) in [6.07, 6.45) is 3.11. The Kier molecular flexibility index (Phi) is 4.41. The summed E-state index contributed by atoms with van der Waals surface area (Å²) >= 11 is 0. The summed E-state index contributed by atoms with van der Waals surface area (Å²) < 4.78 is 0. The molecule has 2 N–H and O–H groups in total. The second kappa shape index (κ2) is 6.38. The van der Waals surface area contributed by atoms with Crippen molar-refractivity contribution in [2.24, 2.45) is 0 Å². The van der Waals surface area contributed by atoms with Gasteiger partial charge in [0.1, 0.15) is 0 Å². The lowest BCUT2D eigenvalue weighted by atomic mass is 9.79. The van der Waals surface area contributed by atoms with Gasteiger partial charge in [-0.25, -0.2) is 9.59 Å². The first kappa shape index (κ1) is 17.3. The first-order chi connectivity index (χ1) is 11.8. The molecule has 7 nitrogen and oxygen atoms in total. The maximum Gasteiger partial charge on any atom is 0.331 e. The molecule has 0 radical (unpaired) electrons. The van der Waals surface area contributed by atoms with Crippen LogP contribution in [-0.2, 0) is 4.79 Å². The summed E-state index contributed by atoms with van der Waals surface area (Å²) in [5.41, 5.74) is 2.05. The fraction of sp³-hybridized carbons (Fsp3) is 0.500. The van der Waals surface area contributed by atoms with Crippen LogP contribution in [0.2, 0.25) is 0 Å². The molecule has 134 valence electrons. The number of urea groups is 2. The van der Waals surface area contributed by atoms with E-state index in [2.05, 4.69) is 10.6 Å². The minimum Gasteiger partial charge on any atom is -0.333 e. The van der Waals surface area contributed by atoms with Crippen molar-refractivity contribution in [3.05, 3.63) is 23.8 Å². The summed E-state index contributed by atoms with van der Waals surface area (Å²) in [5.74, 6) is -0.257. The van der Waals surface area contributed by atoms with E-state index in [9.17, 15) is 14.4 Å². The Morgan fingerprint density at radius 3 is 2.48 bits per heavy atom. The minimum absolute atomic E-state index is 0.123. The molecule has 0 aromatic heterocycles. The van der Waals surface area contributed by atoms with Crippen LogP contribution in [0.5, 0.6) is 0 Å². The molecule has 7 heteroatoms. The maximum absolute atomic E-state index is 12.4. The van der Waals surface area contributed by atoms with Gasteiger partial charge >= 0.3 is 12.1 Å². The monoisotopic (exact) mass is 344 g/mol. The number of imide groups is 1. The van der Waals surface area contributed by atoms with Crippen LogP contribution in [0.25, 0.3) is 0 Å². The second-order valence-corrected chi connectivity index (χ2v) is 7.05. The zero-order valence-corrected chi connectivity index (χ0v) is 14.9. The Bertz CT molecular complexity index is 727. The van der Waals surface area contributed by atoms with Crippen molar-refractivity contribution in [3.63, 3.8) is 0 Å². The molecular weight excluding hydrogens is 320 g/mol. The number of hydrogen-bond donors (Lipinski definition) is 2. The third-order valence-electron chi connectivity index (χ3n) is 5.11. The van der Waals surface area contributed by atoms with Gasteiger partial charge in [-0.15, -0.1) is 0 Å². The van der Waals surface area contributed by atoms with Crippen molar-refractivity contribution in [2.75, 3.05) is 23.3 Å². The maximum atomic E-state index is 12.4. The highest BCUT2D eigenvalue weighted by Gasteiger charge is 2.34. The van der Waals surface area contributed by atoms with E-state index < -0.39 is 0 Å². The van der Waals surface area contributed by atoms with Crippen molar-refractivity contribution in [2.45, 2.75) is 45.6 Å². The van der Waals surface area contributed by atoms with Crippen LogP contribution in [-0.4, -0.2) is 41.5 Å². The van der Waals surface area contributed by atoms with E-state index >= 15 is 0 Å². The van der Waals surface area contributed by atoms with E-state index in [1.165, 1.54) is 11.8 Å². The van der Waals surface area contributed by atoms with Crippen LogP contribution in [0.3, 0.4) is 0 Å². The Labute approximate surface area is 147 Å². The largest absolute Gasteiger partial charge is 0.333 e. The average Bonchev–Trinajstić information content (AvgIpc) is 2.89. The molecule has 5 amide bonds. The molecule has 1 saturated carbocycles. The number of nitrogens with one attached hydrogen (secondary N) is 2. The number of carbonyl (C=O) groups excluding carboxylic acids is 3. The normalized spacial score (nSPS) is 18.8. The first-order valence-corrected chi connectivity index (χ1v) is 8.59. The smallest absolute Gasteiger partial charge is 0.331 e. The van der Waals surface area contributed by atoms with Crippen molar-refractivity contribution in [1.29, 1.82) is 0 Å². The van der Waals surface area contributed by atoms with Crippen molar-refractivity contribution >= 4 is 29.3 Å². The zero-order chi connectivity index (χ0) is 18.2. The van der Waals surface area contributed by atoms with Gasteiger partial charge in [0, 0.05) is 31.2 Å². The quantitative estimate of drug-likeness (QED) is 0.884. The Hall–Kier alpha value is -2.57. The van der Waals surface area contributed by atoms with Crippen molar-refractivity contribution in [3.8, 4) is 0 Å². The SMILES string of the molecule is CC(=O)N1CCN(c2cccc(NC(=O)NC3(C)CCC3)c2C)C1=O. The first-order valence-electron chi connectivity index (χ1n) is 8.59. The summed E-state index contributed by atoms with van der Waals surface area (Å²) in [7, 11) is 0. The highest BCUT2D eigenvalue weighted by molar-refractivity contribution is 6.05. The molecular formula is C18H24N4O3. The summed E-state index contributed by atoms with van der Waals surface area (Å²) in [6, 6.07) is 4.88. The average molecular weight is 344 g/mol. The summed E-state index contributed by atoms with van der Waals surface area (Å²) in [5, 5.41) is 5.88. The van der Waals surface area contributed by atoms with E-state index in [4.69, 9.17) is 0 Å². The van der Waals surface area contributed by atoms with Gasteiger partial charge < -0.3 is 10.6 Å². The van der Waals surface area contributed by atoms with Gasteiger partial charge in [-0.2, -0.15) is 0 Å². The number of carbonyl (C=O) groups is 3. The zero-order valence-electron chi connectivity index (χ0n) is 14.9. The second-order valence-electron chi connectivity index (χ2n) is 7.05. The molecule has 3 rings (SSSR count). The van der Waals surface area contributed by atoms with Gasteiger partial charge in [-0.1, -0.05) is 6.07 Å². The lowest BCUT2D eigenvalue weighted by molar-refractivity contribution is -0.125. The highest BCUT2D eigenvalue weighted by atomic mass is 16.2. The van der Waals surface area contributed by atoms with Crippen LogP contribution >= 0.6 is 0 Å². The summed E-state index contributed by atoms with van der Waals surface area (Å²) in [6.45, 7) is 6.12. The van der Waals surface area contributed by atoms with Gasteiger partial charge in [0.2, 0.25) is 5.91 Å². The number of nitrogens with zero attached hydrogens (tertiary/aromatic N) is 2. The van der Waals surface area contributed by atoms with Gasteiger partial charge in [0.15, 0.2) is 0 Å². The third-order valence-corrected chi connectivity index (χ3v) is 5.11. The number of benzene rings is 1. The number of rotatable bonds is 3. The third kappa shape index (κ3) is 3.31.